The summed E-state index contributed by atoms with van der Waals surface area (Å²) < 4.78 is 7.08. The van der Waals surface area contributed by atoms with E-state index >= 15 is 0 Å². The summed E-state index contributed by atoms with van der Waals surface area (Å²) in [6.45, 7) is 2.08. The molecule has 0 saturated carbocycles. The molecule has 124 heavy (non-hydrogen) atoms. The monoisotopic (exact) mass is 1580 g/mol. The molecular formula is C115H73N9. The molecule has 0 spiro atoms. The normalized spacial score (nSPS) is 11.8. The van der Waals surface area contributed by atoms with Gasteiger partial charge in [0.1, 0.15) is 0 Å². The highest BCUT2D eigenvalue weighted by molar-refractivity contribution is 6.27. The number of aryl methyl sites for hydroxylation is 1. The third kappa shape index (κ3) is 11.5. The molecule has 0 aliphatic heterocycles. The third-order valence-electron chi connectivity index (χ3n) is 24.9. The van der Waals surface area contributed by atoms with Gasteiger partial charge in [-0.15, -0.1) is 0 Å². The zero-order valence-corrected chi connectivity index (χ0v) is 67.4. The van der Waals surface area contributed by atoms with Crippen molar-refractivity contribution < 1.29 is 0 Å². The molecule has 26 rings (SSSR count). The topological polar surface area (TPSA) is 92.1 Å². The highest BCUT2D eigenvalue weighted by atomic mass is 15.0. The van der Waals surface area contributed by atoms with E-state index in [1.165, 1.54) is 97.7 Å². The molecule has 0 unspecified atom stereocenters. The van der Waals surface area contributed by atoms with E-state index in [0.717, 1.165) is 144 Å². The molecule has 0 aliphatic rings. The van der Waals surface area contributed by atoms with E-state index in [1.54, 1.807) is 0 Å². The number of hydrogen-bond acceptors (Lipinski definition) is 6. The van der Waals surface area contributed by atoms with Crippen LogP contribution in [-0.2, 0) is 0 Å². The Morgan fingerprint density at radius 1 is 0.153 bits per heavy atom. The van der Waals surface area contributed by atoms with Gasteiger partial charge >= 0.3 is 0 Å². The second-order valence-electron chi connectivity index (χ2n) is 31.8. The maximum atomic E-state index is 5.55. The van der Waals surface area contributed by atoms with Gasteiger partial charge in [0.05, 0.1) is 112 Å². The minimum atomic E-state index is 0.872. The van der Waals surface area contributed by atoms with Crippen molar-refractivity contribution in [3.05, 3.63) is 430 Å². The van der Waals surface area contributed by atoms with Crippen LogP contribution >= 0.6 is 0 Å². The number of aromatic nitrogens is 9. The van der Waals surface area contributed by atoms with Crippen molar-refractivity contribution in [2.45, 2.75) is 6.92 Å². The molecule has 0 radical (unpaired) electrons. The second-order valence-corrected chi connectivity index (χ2v) is 31.8. The summed E-state index contributed by atoms with van der Waals surface area (Å²) >= 11 is 0. The van der Waals surface area contributed by atoms with Gasteiger partial charge in [0.25, 0.3) is 0 Å². The van der Waals surface area contributed by atoms with Crippen molar-refractivity contribution in [3.63, 3.8) is 0 Å². The van der Waals surface area contributed by atoms with E-state index < -0.39 is 0 Å². The molecule has 0 fully saturated rings. The smallest absolute Gasteiger partial charge is 0.0994 e. The predicted molar refractivity (Wildman–Crippen MR) is 519 cm³/mol. The lowest BCUT2D eigenvalue weighted by atomic mass is 9.97. The van der Waals surface area contributed by atoms with Crippen molar-refractivity contribution in [3.8, 4) is 73.3 Å². The summed E-state index contributed by atoms with van der Waals surface area (Å²) in [5, 5.41) is 21.4. The zero-order valence-electron chi connectivity index (χ0n) is 67.4. The van der Waals surface area contributed by atoms with Gasteiger partial charge in [0.15, 0.2) is 0 Å². The van der Waals surface area contributed by atoms with E-state index in [2.05, 4.69) is 433 Å². The lowest BCUT2D eigenvalue weighted by Gasteiger charge is -2.18. The average Bonchev–Trinajstić information content (AvgIpc) is 1.36. The largest absolute Gasteiger partial charge is 0.309 e. The summed E-state index contributed by atoms with van der Waals surface area (Å²) in [5.74, 6) is 0. The van der Waals surface area contributed by atoms with E-state index in [1.807, 2.05) is 12.1 Å². The summed E-state index contributed by atoms with van der Waals surface area (Å²) in [5.41, 5.74) is 26.6. The molecule has 9 heteroatoms. The van der Waals surface area contributed by atoms with Crippen LogP contribution in [0.3, 0.4) is 0 Å². The number of rotatable bonds is 8. The zero-order chi connectivity index (χ0) is 81.9. The number of hydrogen-bond donors (Lipinski definition) is 0. The van der Waals surface area contributed by atoms with Crippen LogP contribution in [0.4, 0.5) is 0 Å². The first-order valence-corrected chi connectivity index (χ1v) is 42.2. The third-order valence-corrected chi connectivity index (χ3v) is 24.9. The van der Waals surface area contributed by atoms with Crippen LogP contribution in [0.1, 0.15) is 5.69 Å². The van der Waals surface area contributed by atoms with Crippen LogP contribution in [0, 0.1) is 6.92 Å². The van der Waals surface area contributed by atoms with Gasteiger partial charge in [0.2, 0.25) is 0 Å². The quantitative estimate of drug-likeness (QED) is 0.141. The highest BCUT2D eigenvalue weighted by Crippen LogP contribution is 2.46. The van der Waals surface area contributed by atoms with Crippen LogP contribution < -0.4 is 0 Å². The van der Waals surface area contributed by atoms with E-state index in [-0.39, 0.29) is 0 Å². The summed E-state index contributed by atoms with van der Waals surface area (Å²) in [6.07, 6.45) is 0. The fraction of sp³-hybridized carbons (Fsp3) is 0.00870. The van der Waals surface area contributed by atoms with Gasteiger partial charge in [-0.25, -0.2) is 29.9 Å². The Labute approximate surface area is 712 Å². The van der Waals surface area contributed by atoms with Gasteiger partial charge in [-0.1, -0.05) is 364 Å². The van der Waals surface area contributed by atoms with Crippen LogP contribution in [0.25, 0.3) is 237 Å². The van der Waals surface area contributed by atoms with Gasteiger partial charge in [-0.05, 0) is 99.9 Å². The van der Waals surface area contributed by atoms with Crippen molar-refractivity contribution in [1.29, 1.82) is 0 Å². The number of nitrogens with zero attached hydrogens (tertiary/aromatic N) is 9. The number of para-hydroxylation sites is 8. The molecule has 0 amide bonds. The van der Waals surface area contributed by atoms with Gasteiger partial charge in [0, 0.05) is 98.1 Å². The second kappa shape index (κ2) is 29.4. The van der Waals surface area contributed by atoms with Crippen molar-refractivity contribution >= 4 is 163 Å². The van der Waals surface area contributed by atoms with E-state index in [0.29, 0.717) is 0 Å². The highest BCUT2D eigenvalue weighted by Gasteiger charge is 2.26. The first kappa shape index (κ1) is 71.5. The molecule has 0 aliphatic carbocycles. The fourth-order valence-electron chi connectivity index (χ4n) is 19.4. The Morgan fingerprint density at radius 2 is 0.363 bits per heavy atom. The fourth-order valence-corrected chi connectivity index (χ4v) is 19.4. The van der Waals surface area contributed by atoms with Crippen molar-refractivity contribution in [1.82, 2.24) is 43.6 Å². The number of benzene rings is 20. The molecule has 578 valence electrons. The lowest BCUT2D eigenvalue weighted by Crippen LogP contribution is -2.02. The van der Waals surface area contributed by atoms with Crippen LogP contribution in [-0.4, -0.2) is 43.6 Å². The van der Waals surface area contributed by atoms with Crippen molar-refractivity contribution in [2.75, 3.05) is 0 Å². The molecule has 20 aromatic carbocycles. The molecule has 26 aromatic rings. The van der Waals surface area contributed by atoms with E-state index in [9.17, 15) is 0 Å². The molecule has 9 nitrogen and oxygen atoms in total. The molecule has 0 bridgehead atoms. The lowest BCUT2D eigenvalue weighted by molar-refractivity contribution is 1.15. The van der Waals surface area contributed by atoms with Crippen LogP contribution in [0.2, 0.25) is 0 Å². The Morgan fingerprint density at radius 3 is 0.677 bits per heavy atom. The Balaban J connectivity index is 0.000000105. The van der Waals surface area contributed by atoms with Gasteiger partial charge in [-0.2, -0.15) is 0 Å². The Bertz CT molecular complexity index is 8670. The SMILES string of the molecule is Cc1nc2c3ccccc3c3ccccc3c2nc1-c1ccccc1-n1c2ccccc2c2ccccc21.c1ccc(-c2nc3c4ccccc4c4ccccc4c3nc2-c2ccc(-n3c4ccccc4c4ccccc43)cc2)cc1.c1ccc(-c2nc3c4ccccc4c4ccccc4c3nc2-c2ccccc2-n2c3ccccc3c3ccccc32)cc1. The van der Waals surface area contributed by atoms with Crippen LogP contribution in [0.15, 0.2) is 425 Å². The number of fused-ring (bicyclic) bond motifs is 27. The Kier molecular flexibility index (Phi) is 17.0. The summed E-state index contributed by atoms with van der Waals surface area (Å²) in [7, 11) is 0. The molecule has 0 atom stereocenters. The minimum Gasteiger partial charge on any atom is -0.309 e. The first-order chi connectivity index (χ1) is 61.5. The molecule has 0 saturated heterocycles. The maximum Gasteiger partial charge on any atom is 0.0994 e. The minimum absolute atomic E-state index is 0.872. The first-order valence-electron chi connectivity index (χ1n) is 42.2. The van der Waals surface area contributed by atoms with Crippen molar-refractivity contribution in [2.24, 2.45) is 0 Å². The average molecular weight is 1580 g/mol. The van der Waals surface area contributed by atoms with E-state index in [4.69, 9.17) is 29.9 Å². The molecule has 6 aromatic heterocycles. The summed E-state index contributed by atoms with van der Waals surface area (Å²) in [6, 6.07) is 150. The molecule has 6 heterocycles. The Hall–Kier alpha value is -16.6. The van der Waals surface area contributed by atoms with Gasteiger partial charge in [-0.3, -0.25) is 0 Å². The maximum absolute atomic E-state index is 5.55. The van der Waals surface area contributed by atoms with Gasteiger partial charge < -0.3 is 13.7 Å². The molecule has 0 N–H and O–H groups in total. The van der Waals surface area contributed by atoms with Crippen LogP contribution in [0.5, 0.6) is 0 Å². The summed E-state index contributed by atoms with van der Waals surface area (Å²) in [4.78, 5) is 32.4. The standard InChI is InChI=1S/2C40H25N3.C35H23N3/c1-2-14-26(15-3-1)37-40(42-39-32-21-7-5-17-28(32)27-16-4-6-20-31(27)38(39)41-37)33-22-10-13-25-36(33)43-34-23-11-8-18-29(34)30-19-9-12-24-35(30)43;1-2-12-26(13-3-1)37-38(42-40-34-19-7-5-15-30(34)29-14-4-6-18-33(29)39(40)41-37)27-22-24-28(25-23-27)43-35-20-10-8-16-31(35)32-17-9-11-21-36(32)43;1-22-33(37-35-28-17-5-3-13-24(28)23-12-2-4-16-27(23)34(35)36-22)29-18-8-11-21-32(29)38-30-19-9-6-14-25(30)26-15-7-10-20-31(26)38/h2*1-25H;2-21H,1H3. The predicted octanol–water partition coefficient (Wildman–Crippen LogP) is 29.7. The molecular weight excluding hydrogens is 1510 g/mol.